The van der Waals surface area contributed by atoms with Crippen LogP contribution in [0.5, 0.6) is 0 Å². The molecular weight excluding hydrogens is 287 g/mol. The van der Waals surface area contributed by atoms with E-state index >= 15 is 0 Å². The Morgan fingerprint density at radius 2 is 1.89 bits per heavy atom. The number of aromatic nitrogens is 3. The molecule has 2 heterocycles. The molecule has 0 bridgehead atoms. The first kappa shape index (κ1) is 11.3. The zero-order valence-electron chi connectivity index (χ0n) is 9.83. The van der Waals surface area contributed by atoms with Crippen LogP contribution in [0.1, 0.15) is 0 Å². The van der Waals surface area contributed by atoms with Gasteiger partial charge in [0.1, 0.15) is 0 Å². The summed E-state index contributed by atoms with van der Waals surface area (Å²) in [5.41, 5.74) is 9.63. The molecular formula is C13H11AsN4. The molecule has 3 aromatic rings. The molecule has 0 saturated carbocycles. The maximum absolute atomic E-state index is 5.72. The van der Waals surface area contributed by atoms with Gasteiger partial charge in [-0.25, -0.2) is 0 Å². The molecule has 0 spiro atoms. The number of rotatable bonds is 1. The number of benzene rings is 1. The molecule has 2 N–H and O–H groups in total. The van der Waals surface area contributed by atoms with E-state index in [9.17, 15) is 0 Å². The van der Waals surface area contributed by atoms with Gasteiger partial charge in [0, 0.05) is 0 Å². The Hall–Kier alpha value is -1.80. The Morgan fingerprint density at radius 1 is 1.17 bits per heavy atom. The first-order chi connectivity index (χ1) is 8.66. The molecule has 0 unspecified atom stereocenters. The molecule has 0 aliphatic carbocycles. The monoisotopic (exact) mass is 298 g/mol. The summed E-state index contributed by atoms with van der Waals surface area (Å²) in [6.45, 7) is 0. The molecule has 0 saturated heterocycles. The van der Waals surface area contributed by atoms with Crippen molar-refractivity contribution in [2.24, 2.45) is 7.05 Å². The molecule has 0 atom stereocenters. The van der Waals surface area contributed by atoms with Crippen molar-refractivity contribution in [3.8, 4) is 11.1 Å². The molecule has 2 radical (unpaired) electrons. The van der Waals surface area contributed by atoms with Gasteiger partial charge in [-0.3, -0.25) is 0 Å². The fraction of sp³-hybridized carbons (Fsp3) is 0.0769. The zero-order chi connectivity index (χ0) is 12.7. The van der Waals surface area contributed by atoms with Gasteiger partial charge >= 0.3 is 113 Å². The van der Waals surface area contributed by atoms with Crippen molar-refractivity contribution in [3.63, 3.8) is 0 Å². The van der Waals surface area contributed by atoms with Gasteiger partial charge in [-0.15, -0.1) is 0 Å². The normalized spacial score (nSPS) is 11.0. The summed E-state index contributed by atoms with van der Waals surface area (Å²) >= 11 is 2.50. The summed E-state index contributed by atoms with van der Waals surface area (Å²) < 4.78 is 2.73. The molecule has 88 valence electrons. The van der Waals surface area contributed by atoms with Crippen LogP contribution in [0.4, 0.5) is 5.69 Å². The van der Waals surface area contributed by atoms with E-state index in [4.69, 9.17) is 5.73 Å². The Morgan fingerprint density at radius 3 is 2.61 bits per heavy atom. The predicted octanol–water partition coefficient (Wildman–Crippen LogP) is 1.01. The number of anilines is 1. The van der Waals surface area contributed by atoms with Gasteiger partial charge in [0.2, 0.25) is 0 Å². The summed E-state index contributed by atoms with van der Waals surface area (Å²) in [7, 11) is 1.90. The molecule has 18 heavy (non-hydrogen) atoms. The van der Waals surface area contributed by atoms with Gasteiger partial charge in [-0.05, 0) is 0 Å². The Labute approximate surface area is 113 Å². The van der Waals surface area contributed by atoms with E-state index in [0.717, 1.165) is 32.3 Å². The van der Waals surface area contributed by atoms with Gasteiger partial charge in [0.25, 0.3) is 0 Å². The van der Waals surface area contributed by atoms with Crippen LogP contribution in [0, 0.1) is 0 Å². The summed E-state index contributed by atoms with van der Waals surface area (Å²) in [5, 5.41) is 5.47. The van der Waals surface area contributed by atoms with E-state index in [1.807, 2.05) is 43.6 Å². The number of pyridine rings is 1. The van der Waals surface area contributed by atoms with Crippen LogP contribution in [0.25, 0.3) is 22.2 Å². The van der Waals surface area contributed by atoms with Gasteiger partial charge < -0.3 is 0 Å². The van der Waals surface area contributed by atoms with Crippen LogP contribution in [0.2, 0.25) is 0 Å². The summed E-state index contributed by atoms with van der Waals surface area (Å²) in [6.07, 6.45) is 1.81. The second kappa shape index (κ2) is 4.14. The van der Waals surface area contributed by atoms with Crippen LogP contribution in [-0.2, 0) is 7.05 Å². The quantitative estimate of drug-likeness (QED) is 0.539. The third kappa shape index (κ3) is 1.70. The molecule has 4 nitrogen and oxygen atoms in total. The Balaban J connectivity index is 2.32. The zero-order valence-corrected chi connectivity index (χ0v) is 11.7. The van der Waals surface area contributed by atoms with Crippen molar-refractivity contribution in [2.75, 3.05) is 5.73 Å². The van der Waals surface area contributed by atoms with Crippen molar-refractivity contribution in [2.45, 2.75) is 0 Å². The fourth-order valence-electron chi connectivity index (χ4n) is 2.06. The van der Waals surface area contributed by atoms with E-state index in [2.05, 4.69) is 26.9 Å². The van der Waals surface area contributed by atoms with Gasteiger partial charge in [-0.1, -0.05) is 0 Å². The average Bonchev–Trinajstić information content (AvgIpc) is 2.66. The van der Waals surface area contributed by atoms with Crippen molar-refractivity contribution < 1.29 is 0 Å². The molecule has 0 fully saturated rings. The summed E-state index contributed by atoms with van der Waals surface area (Å²) in [6, 6.07) is 9.85. The molecule has 5 heteroatoms. The molecule has 0 aliphatic rings. The van der Waals surface area contributed by atoms with E-state index < -0.39 is 0 Å². The predicted molar refractivity (Wildman–Crippen MR) is 73.7 cm³/mol. The second-order valence-electron chi connectivity index (χ2n) is 4.13. The van der Waals surface area contributed by atoms with Crippen LogP contribution in [-0.4, -0.2) is 31.6 Å². The van der Waals surface area contributed by atoms with E-state index in [-0.39, 0.29) is 0 Å². The second-order valence-corrected chi connectivity index (χ2v) is 5.02. The third-order valence-corrected chi connectivity index (χ3v) is 3.58. The number of hydrogen-bond donors (Lipinski definition) is 1. The number of nitrogens with zero attached hydrogens (tertiary/aromatic N) is 3. The van der Waals surface area contributed by atoms with Crippen molar-refractivity contribution >= 4 is 38.1 Å². The Kier molecular flexibility index (Phi) is 2.60. The van der Waals surface area contributed by atoms with Crippen LogP contribution in [0.15, 0.2) is 36.5 Å². The van der Waals surface area contributed by atoms with Crippen LogP contribution in [0.3, 0.4) is 0 Å². The molecule has 2 aromatic heterocycles. The van der Waals surface area contributed by atoms with Crippen LogP contribution >= 0.6 is 0 Å². The van der Waals surface area contributed by atoms with Crippen molar-refractivity contribution in [1.82, 2.24) is 14.8 Å². The summed E-state index contributed by atoms with van der Waals surface area (Å²) in [5.74, 6) is 0. The van der Waals surface area contributed by atoms with E-state index in [0.29, 0.717) is 0 Å². The third-order valence-electron chi connectivity index (χ3n) is 2.93. The summed E-state index contributed by atoms with van der Waals surface area (Å²) in [4.78, 5) is 4.37. The number of nitrogens with two attached hydrogens (primary N) is 1. The van der Waals surface area contributed by atoms with Crippen molar-refractivity contribution in [1.29, 1.82) is 0 Å². The van der Waals surface area contributed by atoms with Crippen molar-refractivity contribution in [3.05, 3.63) is 36.5 Å². The average molecular weight is 298 g/mol. The minimum absolute atomic E-state index is 0.766. The van der Waals surface area contributed by atoms with Gasteiger partial charge in [-0.2, -0.15) is 0 Å². The topological polar surface area (TPSA) is 56.7 Å². The molecule has 3 rings (SSSR count). The Bertz CT molecular complexity index is 716. The molecule has 1 aromatic carbocycles. The number of hydrogen-bond acceptors (Lipinski definition) is 3. The first-order valence-corrected chi connectivity index (χ1v) is 6.47. The van der Waals surface area contributed by atoms with E-state index in [1.54, 1.807) is 4.68 Å². The van der Waals surface area contributed by atoms with Gasteiger partial charge in [0.15, 0.2) is 0 Å². The van der Waals surface area contributed by atoms with E-state index in [1.165, 1.54) is 0 Å². The standard InChI is InChI=1S/C13H11AsN4/c1-18-13-11(12(14)17-18)10(6-7-16-13)8-2-4-9(15)5-3-8/h2-7H,15H2,1H3. The first-order valence-electron chi connectivity index (χ1n) is 5.53. The minimum atomic E-state index is 0.766. The SMILES string of the molecule is Cn1nc([As])c2c(-c3ccc(N)cc3)ccnc21. The molecule has 0 aliphatic heterocycles. The fourth-order valence-corrected chi connectivity index (χ4v) is 2.80. The van der Waals surface area contributed by atoms with Crippen LogP contribution < -0.4 is 10.2 Å². The number of aryl methyl sites for hydroxylation is 1. The number of nitrogen functional groups attached to an aromatic ring is 1. The van der Waals surface area contributed by atoms with Gasteiger partial charge in [0.05, 0.1) is 0 Å². The number of fused-ring (bicyclic) bond motifs is 1. The molecule has 0 amide bonds. The maximum atomic E-state index is 5.72.